The van der Waals surface area contributed by atoms with Crippen LogP contribution in [0.3, 0.4) is 0 Å². The molecule has 0 radical (unpaired) electrons. The Hall–Kier alpha value is -2.46. The molecule has 0 atom stereocenters. The van der Waals surface area contributed by atoms with Crippen molar-refractivity contribution in [1.82, 2.24) is 0 Å². The number of rotatable bonds is 7. The van der Waals surface area contributed by atoms with Crippen LogP contribution in [0, 0.1) is 0 Å². The second-order valence-electron chi connectivity index (χ2n) is 5.65. The van der Waals surface area contributed by atoms with Crippen LogP contribution in [0.5, 0.6) is 17.2 Å². The van der Waals surface area contributed by atoms with Crippen LogP contribution in [0.25, 0.3) is 0 Å². The van der Waals surface area contributed by atoms with Gasteiger partial charge in [-0.2, -0.15) is 0 Å². The molecule has 0 amide bonds. The SMILES string of the molecule is Oc1ccc(CCOc2ccc(COc3cccc(Br)c3)cc2)cc1. The highest BCUT2D eigenvalue weighted by Gasteiger charge is 2.00. The number of aromatic hydroxyl groups is 1. The summed E-state index contributed by atoms with van der Waals surface area (Å²) in [6.07, 6.45) is 0.800. The van der Waals surface area contributed by atoms with Gasteiger partial charge >= 0.3 is 0 Å². The van der Waals surface area contributed by atoms with Crippen molar-refractivity contribution in [2.75, 3.05) is 6.61 Å². The lowest BCUT2D eigenvalue weighted by molar-refractivity contribution is 0.304. The molecule has 3 aromatic rings. The molecule has 0 aliphatic heterocycles. The fourth-order valence-electron chi connectivity index (χ4n) is 2.35. The van der Waals surface area contributed by atoms with Gasteiger partial charge in [-0.15, -0.1) is 0 Å². The molecule has 0 bridgehead atoms. The highest BCUT2D eigenvalue weighted by Crippen LogP contribution is 2.20. The van der Waals surface area contributed by atoms with Crippen LogP contribution in [-0.4, -0.2) is 11.7 Å². The molecule has 0 heterocycles. The zero-order valence-corrected chi connectivity index (χ0v) is 15.3. The highest BCUT2D eigenvalue weighted by molar-refractivity contribution is 9.10. The second-order valence-corrected chi connectivity index (χ2v) is 6.57. The Kier molecular flexibility index (Phi) is 5.96. The van der Waals surface area contributed by atoms with E-state index >= 15 is 0 Å². The first kappa shape index (κ1) is 17.4. The van der Waals surface area contributed by atoms with Gasteiger partial charge in [0.15, 0.2) is 0 Å². The first-order valence-corrected chi connectivity index (χ1v) is 8.86. The van der Waals surface area contributed by atoms with Crippen LogP contribution in [0.15, 0.2) is 77.3 Å². The third-order valence-electron chi connectivity index (χ3n) is 3.72. The summed E-state index contributed by atoms with van der Waals surface area (Å²) >= 11 is 3.43. The average Bonchev–Trinajstić information content (AvgIpc) is 2.63. The standard InChI is InChI=1S/C21H19BrO3/c22-18-2-1-3-21(14-18)25-15-17-6-10-20(11-7-17)24-13-12-16-4-8-19(23)9-5-16/h1-11,14,23H,12-13,15H2. The predicted molar refractivity (Wildman–Crippen MR) is 102 cm³/mol. The van der Waals surface area contributed by atoms with E-state index in [0.717, 1.165) is 33.5 Å². The molecule has 0 fully saturated rings. The highest BCUT2D eigenvalue weighted by atomic mass is 79.9. The quantitative estimate of drug-likeness (QED) is 0.582. The number of phenolic OH excluding ortho intramolecular Hbond substituents is 1. The van der Waals surface area contributed by atoms with Gasteiger partial charge < -0.3 is 14.6 Å². The Morgan fingerprint density at radius 2 is 1.48 bits per heavy atom. The molecule has 0 spiro atoms. The number of hydrogen-bond donors (Lipinski definition) is 1. The van der Waals surface area contributed by atoms with Gasteiger partial charge in [-0.1, -0.05) is 46.3 Å². The lowest BCUT2D eigenvalue weighted by atomic mass is 10.1. The van der Waals surface area contributed by atoms with E-state index in [1.54, 1.807) is 12.1 Å². The Labute approximate surface area is 156 Å². The van der Waals surface area contributed by atoms with Gasteiger partial charge in [0.25, 0.3) is 0 Å². The van der Waals surface area contributed by atoms with E-state index in [4.69, 9.17) is 9.47 Å². The summed E-state index contributed by atoms with van der Waals surface area (Å²) < 4.78 is 12.5. The zero-order valence-electron chi connectivity index (χ0n) is 13.7. The summed E-state index contributed by atoms with van der Waals surface area (Å²) in [5, 5.41) is 9.27. The number of benzene rings is 3. The van der Waals surface area contributed by atoms with Gasteiger partial charge in [-0.25, -0.2) is 0 Å². The van der Waals surface area contributed by atoms with E-state index in [1.807, 2.05) is 60.7 Å². The molecule has 4 heteroatoms. The first-order valence-electron chi connectivity index (χ1n) is 8.07. The van der Waals surface area contributed by atoms with Crippen LogP contribution < -0.4 is 9.47 Å². The van der Waals surface area contributed by atoms with Gasteiger partial charge in [0.1, 0.15) is 23.9 Å². The number of phenols is 1. The first-order chi connectivity index (χ1) is 12.2. The van der Waals surface area contributed by atoms with E-state index in [-0.39, 0.29) is 5.75 Å². The van der Waals surface area contributed by atoms with E-state index in [9.17, 15) is 5.11 Å². The van der Waals surface area contributed by atoms with Crippen LogP contribution in [0.1, 0.15) is 11.1 Å². The van der Waals surface area contributed by atoms with E-state index < -0.39 is 0 Å². The number of ether oxygens (including phenoxy) is 2. The molecule has 0 aromatic heterocycles. The van der Waals surface area contributed by atoms with Crippen molar-refractivity contribution in [2.45, 2.75) is 13.0 Å². The summed E-state index contributed by atoms with van der Waals surface area (Å²) in [4.78, 5) is 0. The van der Waals surface area contributed by atoms with Gasteiger partial charge in [0.2, 0.25) is 0 Å². The summed E-state index contributed by atoms with van der Waals surface area (Å²) in [6.45, 7) is 1.11. The summed E-state index contributed by atoms with van der Waals surface area (Å²) in [5.41, 5.74) is 2.22. The molecule has 128 valence electrons. The maximum Gasteiger partial charge on any atom is 0.120 e. The lowest BCUT2D eigenvalue weighted by Gasteiger charge is -2.09. The fraction of sp³-hybridized carbons (Fsp3) is 0.143. The fourth-order valence-corrected chi connectivity index (χ4v) is 2.73. The molecule has 3 nitrogen and oxygen atoms in total. The van der Waals surface area contributed by atoms with Gasteiger partial charge in [-0.3, -0.25) is 0 Å². The largest absolute Gasteiger partial charge is 0.508 e. The second kappa shape index (κ2) is 8.58. The molecule has 0 aliphatic carbocycles. The van der Waals surface area contributed by atoms with Crippen LogP contribution in [-0.2, 0) is 13.0 Å². The molecule has 0 saturated carbocycles. The van der Waals surface area contributed by atoms with Crippen molar-refractivity contribution < 1.29 is 14.6 Å². The topological polar surface area (TPSA) is 38.7 Å². The third-order valence-corrected chi connectivity index (χ3v) is 4.21. The summed E-state index contributed by atoms with van der Waals surface area (Å²) in [6, 6.07) is 22.9. The predicted octanol–water partition coefficient (Wildman–Crippen LogP) is 5.36. The number of hydrogen-bond acceptors (Lipinski definition) is 3. The third kappa shape index (κ3) is 5.54. The maximum absolute atomic E-state index is 9.27. The number of halogens is 1. The lowest BCUT2D eigenvalue weighted by Crippen LogP contribution is -2.01. The normalized spacial score (nSPS) is 10.4. The monoisotopic (exact) mass is 398 g/mol. The molecule has 3 rings (SSSR count). The van der Waals surface area contributed by atoms with E-state index in [1.165, 1.54) is 0 Å². The molecule has 25 heavy (non-hydrogen) atoms. The Bertz CT molecular complexity index is 798. The minimum atomic E-state index is 0.283. The van der Waals surface area contributed by atoms with Gasteiger partial charge in [0, 0.05) is 10.9 Å². The summed E-state index contributed by atoms with van der Waals surface area (Å²) in [7, 11) is 0. The Morgan fingerprint density at radius 3 is 2.20 bits per heavy atom. The molecule has 0 unspecified atom stereocenters. The van der Waals surface area contributed by atoms with Crippen LogP contribution in [0.4, 0.5) is 0 Å². The molecular weight excluding hydrogens is 380 g/mol. The minimum absolute atomic E-state index is 0.283. The van der Waals surface area contributed by atoms with Crippen molar-refractivity contribution in [1.29, 1.82) is 0 Å². The van der Waals surface area contributed by atoms with Crippen LogP contribution in [0.2, 0.25) is 0 Å². The Balaban J connectivity index is 1.46. The Morgan fingerprint density at radius 1 is 0.760 bits per heavy atom. The minimum Gasteiger partial charge on any atom is -0.508 e. The van der Waals surface area contributed by atoms with Gasteiger partial charge in [0.05, 0.1) is 6.61 Å². The molecule has 0 saturated heterocycles. The molecule has 3 aromatic carbocycles. The van der Waals surface area contributed by atoms with Crippen molar-refractivity contribution in [3.05, 3.63) is 88.4 Å². The van der Waals surface area contributed by atoms with E-state index in [0.29, 0.717) is 13.2 Å². The maximum atomic E-state index is 9.27. The molecule has 0 aliphatic rings. The van der Waals surface area contributed by atoms with Crippen molar-refractivity contribution in [3.8, 4) is 17.2 Å². The zero-order chi connectivity index (χ0) is 17.5. The smallest absolute Gasteiger partial charge is 0.120 e. The van der Waals surface area contributed by atoms with Gasteiger partial charge in [-0.05, 0) is 53.6 Å². The van der Waals surface area contributed by atoms with Crippen molar-refractivity contribution in [3.63, 3.8) is 0 Å². The van der Waals surface area contributed by atoms with Crippen molar-refractivity contribution in [2.24, 2.45) is 0 Å². The van der Waals surface area contributed by atoms with E-state index in [2.05, 4.69) is 15.9 Å². The molecular formula is C21H19BrO3. The average molecular weight is 399 g/mol. The summed E-state index contributed by atoms with van der Waals surface area (Å²) in [5.74, 6) is 1.96. The molecule has 1 N–H and O–H groups in total. The van der Waals surface area contributed by atoms with Crippen LogP contribution >= 0.6 is 15.9 Å². The van der Waals surface area contributed by atoms with Crippen molar-refractivity contribution >= 4 is 15.9 Å².